The molecule has 0 bridgehead atoms. The lowest BCUT2D eigenvalue weighted by atomic mass is 9.80. The van der Waals surface area contributed by atoms with Crippen molar-refractivity contribution in [1.29, 1.82) is 0 Å². The standard InChI is InChI=1S/C11H18O3/c1-3-14-11(13)7-9-5-4-8(2)6-10(9)12/h8-9H,3-7H2,1-2H3. The molecule has 80 valence electrons. The molecule has 1 rings (SSSR count). The molecule has 1 saturated carbocycles. The van der Waals surface area contributed by atoms with E-state index >= 15 is 0 Å². The normalized spacial score (nSPS) is 27.4. The van der Waals surface area contributed by atoms with E-state index in [1.165, 1.54) is 0 Å². The molecule has 14 heavy (non-hydrogen) atoms. The molecule has 3 nitrogen and oxygen atoms in total. The minimum absolute atomic E-state index is 0.0785. The van der Waals surface area contributed by atoms with Crippen LogP contribution in [0.5, 0.6) is 0 Å². The van der Waals surface area contributed by atoms with Crippen molar-refractivity contribution >= 4 is 11.8 Å². The van der Waals surface area contributed by atoms with Gasteiger partial charge in [-0.2, -0.15) is 0 Å². The van der Waals surface area contributed by atoms with Crippen molar-refractivity contribution in [2.24, 2.45) is 11.8 Å². The van der Waals surface area contributed by atoms with Gasteiger partial charge in [-0.1, -0.05) is 6.92 Å². The van der Waals surface area contributed by atoms with Crippen LogP contribution in [0.1, 0.15) is 39.5 Å². The van der Waals surface area contributed by atoms with Gasteiger partial charge in [0.25, 0.3) is 0 Å². The van der Waals surface area contributed by atoms with Gasteiger partial charge in [0.05, 0.1) is 13.0 Å². The summed E-state index contributed by atoms with van der Waals surface area (Å²) in [5.74, 6) is 0.406. The van der Waals surface area contributed by atoms with Crippen molar-refractivity contribution in [3.05, 3.63) is 0 Å². The summed E-state index contributed by atoms with van der Waals surface area (Å²) in [6.45, 7) is 4.26. The highest BCUT2D eigenvalue weighted by atomic mass is 16.5. The summed E-state index contributed by atoms with van der Waals surface area (Å²) in [4.78, 5) is 22.7. The van der Waals surface area contributed by atoms with Gasteiger partial charge in [-0.05, 0) is 25.7 Å². The first-order valence-electron chi connectivity index (χ1n) is 5.31. The molecule has 1 aliphatic carbocycles. The van der Waals surface area contributed by atoms with Crippen molar-refractivity contribution in [1.82, 2.24) is 0 Å². The Bertz CT molecular complexity index is 223. The Morgan fingerprint density at radius 2 is 2.21 bits per heavy atom. The van der Waals surface area contributed by atoms with Crippen molar-refractivity contribution in [2.45, 2.75) is 39.5 Å². The molecule has 1 fully saturated rings. The Balaban J connectivity index is 2.37. The van der Waals surface area contributed by atoms with Crippen LogP contribution in [0.2, 0.25) is 0 Å². The SMILES string of the molecule is CCOC(=O)CC1CCC(C)CC1=O. The summed E-state index contributed by atoms with van der Waals surface area (Å²) in [7, 11) is 0. The average molecular weight is 198 g/mol. The van der Waals surface area contributed by atoms with E-state index in [4.69, 9.17) is 4.74 Å². The number of Topliss-reactive ketones (excluding diaryl/α,β-unsaturated/α-hetero) is 1. The number of carbonyl (C=O) groups is 2. The summed E-state index contributed by atoms with van der Waals surface area (Å²) in [5.41, 5.74) is 0. The molecule has 1 aliphatic rings. The summed E-state index contributed by atoms with van der Waals surface area (Å²) in [6, 6.07) is 0. The second-order valence-corrected chi connectivity index (χ2v) is 4.06. The lowest BCUT2D eigenvalue weighted by Gasteiger charge is -2.24. The molecule has 0 aromatic rings. The van der Waals surface area contributed by atoms with Crippen LogP contribution in [0.15, 0.2) is 0 Å². The first-order chi connectivity index (χ1) is 6.63. The molecule has 0 spiro atoms. The average Bonchev–Trinajstić information content (AvgIpc) is 2.10. The van der Waals surface area contributed by atoms with Crippen LogP contribution in [-0.2, 0) is 14.3 Å². The topological polar surface area (TPSA) is 43.4 Å². The second-order valence-electron chi connectivity index (χ2n) is 4.06. The number of ketones is 1. The minimum Gasteiger partial charge on any atom is -0.466 e. The third kappa shape index (κ3) is 3.13. The van der Waals surface area contributed by atoms with Crippen molar-refractivity contribution < 1.29 is 14.3 Å². The summed E-state index contributed by atoms with van der Waals surface area (Å²) in [6.07, 6.45) is 2.80. The zero-order valence-electron chi connectivity index (χ0n) is 8.91. The Kier molecular flexibility index (Phi) is 4.11. The molecule has 3 heteroatoms. The van der Waals surface area contributed by atoms with Gasteiger partial charge in [-0.15, -0.1) is 0 Å². The van der Waals surface area contributed by atoms with Crippen molar-refractivity contribution in [3.8, 4) is 0 Å². The van der Waals surface area contributed by atoms with Crippen LogP contribution < -0.4 is 0 Å². The van der Waals surface area contributed by atoms with E-state index in [1.54, 1.807) is 6.92 Å². The number of hydrogen-bond acceptors (Lipinski definition) is 3. The van der Waals surface area contributed by atoms with E-state index in [1.807, 2.05) is 0 Å². The van der Waals surface area contributed by atoms with Crippen LogP contribution >= 0.6 is 0 Å². The van der Waals surface area contributed by atoms with Gasteiger partial charge in [0.2, 0.25) is 0 Å². The van der Waals surface area contributed by atoms with Gasteiger partial charge in [0.15, 0.2) is 0 Å². The lowest BCUT2D eigenvalue weighted by Crippen LogP contribution is -2.26. The molecule has 2 atom stereocenters. The smallest absolute Gasteiger partial charge is 0.306 e. The highest BCUT2D eigenvalue weighted by Gasteiger charge is 2.28. The van der Waals surface area contributed by atoms with Crippen LogP contribution in [0.3, 0.4) is 0 Å². The Morgan fingerprint density at radius 1 is 1.50 bits per heavy atom. The maximum atomic E-state index is 11.5. The number of rotatable bonds is 3. The van der Waals surface area contributed by atoms with Gasteiger partial charge >= 0.3 is 5.97 Å². The van der Waals surface area contributed by atoms with E-state index in [2.05, 4.69) is 6.92 Å². The molecule has 0 saturated heterocycles. The van der Waals surface area contributed by atoms with Gasteiger partial charge < -0.3 is 4.74 Å². The molecular formula is C11H18O3. The Hall–Kier alpha value is -0.860. The largest absolute Gasteiger partial charge is 0.466 e. The fourth-order valence-corrected chi connectivity index (χ4v) is 1.90. The van der Waals surface area contributed by atoms with Crippen molar-refractivity contribution in [2.75, 3.05) is 6.61 Å². The third-order valence-corrected chi connectivity index (χ3v) is 2.73. The molecule has 0 N–H and O–H groups in total. The van der Waals surface area contributed by atoms with Gasteiger partial charge in [0, 0.05) is 12.3 Å². The number of carbonyl (C=O) groups excluding carboxylic acids is 2. The highest BCUT2D eigenvalue weighted by molar-refractivity contribution is 5.86. The molecule has 0 aliphatic heterocycles. The maximum absolute atomic E-state index is 11.5. The predicted molar refractivity (Wildman–Crippen MR) is 52.8 cm³/mol. The number of hydrogen-bond donors (Lipinski definition) is 0. The minimum atomic E-state index is -0.236. The molecule has 0 heterocycles. The van der Waals surface area contributed by atoms with Gasteiger partial charge in [-0.25, -0.2) is 0 Å². The summed E-state index contributed by atoms with van der Waals surface area (Å²) in [5, 5.41) is 0. The van der Waals surface area contributed by atoms with Crippen LogP contribution in [0.4, 0.5) is 0 Å². The van der Waals surface area contributed by atoms with E-state index in [0.29, 0.717) is 18.9 Å². The zero-order valence-corrected chi connectivity index (χ0v) is 8.91. The van der Waals surface area contributed by atoms with E-state index in [-0.39, 0.29) is 24.1 Å². The number of esters is 1. The summed E-state index contributed by atoms with van der Waals surface area (Å²) < 4.78 is 4.83. The molecule has 0 amide bonds. The Labute approximate surface area is 84.8 Å². The van der Waals surface area contributed by atoms with Gasteiger partial charge in [-0.3, -0.25) is 9.59 Å². The second kappa shape index (κ2) is 5.13. The van der Waals surface area contributed by atoms with Crippen LogP contribution in [0.25, 0.3) is 0 Å². The quantitative estimate of drug-likeness (QED) is 0.651. The molecule has 0 aromatic heterocycles. The Morgan fingerprint density at radius 3 is 2.79 bits per heavy atom. The highest BCUT2D eigenvalue weighted by Crippen LogP contribution is 2.27. The molecule has 0 radical (unpaired) electrons. The first kappa shape index (κ1) is 11.2. The zero-order chi connectivity index (χ0) is 10.6. The molecule has 0 aromatic carbocycles. The van der Waals surface area contributed by atoms with E-state index < -0.39 is 0 Å². The van der Waals surface area contributed by atoms with Crippen molar-refractivity contribution in [3.63, 3.8) is 0 Å². The fourth-order valence-electron chi connectivity index (χ4n) is 1.90. The predicted octanol–water partition coefficient (Wildman–Crippen LogP) is 1.94. The number of ether oxygens (including phenoxy) is 1. The van der Waals surface area contributed by atoms with E-state index in [9.17, 15) is 9.59 Å². The first-order valence-corrected chi connectivity index (χ1v) is 5.31. The molecular weight excluding hydrogens is 180 g/mol. The third-order valence-electron chi connectivity index (χ3n) is 2.73. The lowest BCUT2D eigenvalue weighted by molar-refractivity contribution is -0.146. The molecule has 2 unspecified atom stereocenters. The fraction of sp³-hybridized carbons (Fsp3) is 0.818. The van der Waals surface area contributed by atoms with Crippen LogP contribution in [0, 0.1) is 11.8 Å². The maximum Gasteiger partial charge on any atom is 0.306 e. The van der Waals surface area contributed by atoms with E-state index in [0.717, 1.165) is 12.8 Å². The summed E-state index contributed by atoms with van der Waals surface area (Å²) >= 11 is 0. The monoisotopic (exact) mass is 198 g/mol. The van der Waals surface area contributed by atoms with Gasteiger partial charge in [0.1, 0.15) is 5.78 Å². The van der Waals surface area contributed by atoms with Crippen LogP contribution in [-0.4, -0.2) is 18.4 Å².